The van der Waals surface area contributed by atoms with Gasteiger partial charge in [-0.25, -0.2) is 0 Å². The molecule has 0 aromatic heterocycles. The summed E-state index contributed by atoms with van der Waals surface area (Å²) in [5.41, 5.74) is 0. The molecule has 1 saturated carbocycles. The van der Waals surface area contributed by atoms with Gasteiger partial charge in [0.25, 0.3) is 0 Å². The van der Waals surface area contributed by atoms with Crippen molar-refractivity contribution in [3.8, 4) is 0 Å². The zero-order chi connectivity index (χ0) is 14.4. The van der Waals surface area contributed by atoms with Crippen LogP contribution in [-0.4, -0.2) is 49.6 Å². The third-order valence-electron chi connectivity index (χ3n) is 4.76. The number of nitrogens with one attached hydrogen (secondary N) is 2. The number of guanidine groups is 1. The van der Waals surface area contributed by atoms with Crippen molar-refractivity contribution in [2.75, 3.05) is 26.7 Å². The summed E-state index contributed by atoms with van der Waals surface area (Å²) in [4.78, 5) is 6.97. The van der Waals surface area contributed by atoms with Crippen LogP contribution in [0.25, 0.3) is 0 Å². The quantitative estimate of drug-likeness (QED) is 0.613. The molecule has 20 heavy (non-hydrogen) atoms. The van der Waals surface area contributed by atoms with Gasteiger partial charge in [-0.2, -0.15) is 0 Å². The number of nitrogens with zero attached hydrogens (tertiary/aromatic N) is 2. The Morgan fingerprint density at radius 1 is 1.20 bits per heavy atom. The molecule has 1 unspecified atom stereocenters. The van der Waals surface area contributed by atoms with Crippen molar-refractivity contribution in [1.82, 2.24) is 15.5 Å². The molecule has 116 valence electrons. The lowest BCUT2D eigenvalue weighted by atomic mass is 9.97. The average Bonchev–Trinajstić information content (AvgIpc) is 2.96. The van der Waals surface area contributed by atoms with E-state index in [2.05, 4.69) is 34.4 Å². The van der Waals surface area contributed by atoms with E-state index in [1.54, 1.807) is 0 Å². The molecule has 2 N–H and O–H groups in total. The number of hydrogen-bond acceptors (Lipinski definition) is 2. The Kier molecular flexibility index (Phi) is 6.14. The van der Waals surface area contributed by atoms with Crippen LogP contribution in [0.4, 0.5) is 0 Å². The van der Waals surface area contributed by atoms with Gasteiger partial charge in [-0.3, -0.25) is 4.99 Å². The van der Waals surface area contributed by atoms with Crippen molar-refractivity contribution in [3.63, 3.8) is 0 Å². The van der Waals surface area contributed by atoms with Gasteiger partial charge in [-0.05, 0) is 52.0 Å². The van der Waals surface area contributed by atoms with E-state index in [-0.39, 0.29) is 0 Å². The standard InChI is InChI=1S/C16H32N4/c1-13(2)20-10-6-7-14(12-20)11-18-16(17-3)19-15-8-4-5-9-15/h13-15H,4-12H2,1-3H3,(H2,17,18,19). The highest BCUT2D eigenvalue weighted by Crippen LogP contribution is 2.18. The average molecular weight is 280 g/mol. The molecule has 4 nitrogen and oxygen atoms in total. The molecule has 0 spiro atoms. The lowest BCUT2D eigenvalue weighted by molar-refractivity contribution is 0.141. The highest BCUT2D eigenvalue weighted by molar-refractivity contribution is 5.79. The fourth-order valence-electron chi connectivity index (χ4n) is 3.43. The number of hydrogen-bond donors (Lipinski definition) is 2. The summed E-state index contributed by atoms with van der Waals surface area (Å²) in [5, 5.41) is 7.10. The van der Waals surface area contributed by atoms with Crippen LogP contribution in [0.3, 0.4) is 0 Å². The fourth-order valence-corrected chi connectivity index (χ4v) is 3.43. The molecule has 2 fully saturated rings. The molecule has 0 amide bonds. The zero-order valence-corrected chi connectivity index (χ0v) is 13.5. The summed E-state index contributed by atoms with van der Waals surface area (Å²) in [6.07, 6.45) is 7.99. The molecule has 0 aromatic carbocycles. The number of rotatable bonds is 4. The maximum atomic E-state index is 4.37. The summed E-state index contributed by atoms with van der Waals surface area (Å²) in [6, 6.07) is 1.31. The summed E-state index contributed by atoms with van der Waals surface area (Å²) in [6.45, 7) is 8.15. The Balaban J connectivity index is 1.72. The molecule has 1 aliphatic heterocycles. The van der Waals surface area contributed by atoms with Crippen LogP contribution < -0.4 is 10.6 Å². The highest BCUT2D eigenvalue weighted by atomic mass is 15.2. The van der Waals surface area contributed by atoms with Crippen LogP contribution in [0.15, 0.2) is 4.99 Å². The van der Waals surface area contributed by atoms with E-state index < -0.39 is 0 Å². The van der Waals surface area contributed by atoms with E-state index in [0.29, 0.717) is 12.1 Å². The van der Waals surface area contributed by atoms with Crippen molar-refractivity contribution >= 4 is 5.96 Å². The van der Waals surface area contributed by atoms with Crippen molar-refractivity contribution in [2.45, 2.75) is 64.5 Å². The first-order chi connectivity index (χ1) is 9.69. The van der Waals surface area contributed by atoms with Gasteiger partial charge in [-0.15, -0.1) is 0 Å². The van der Waals surface area contributed by atoms with Crippen LogP contribution in [0, 0.1) is 5.92 Å². The molecule has 0 bridgehead atoms. The van der Waals surface area contributed by atoms with E-state index in [0.717, 1.165) is 18.4 Å². The van der Waals surface area contributed by atoms with Crippen molar-refractivity contribution < 1.29 is 0 Å². The summed E-state index contributed by atoms with van der Waals surface area (Å²) >= 11 is 0. The predicted octanol–water partition coefficient (Wildman–Crippen LogP) is 2.21. The van der Waals surface area contributed by atoms with Gasteiger partial charge in [-0.1, -0.05) is 12.8 Å². The number of likely N-dealkylation sites (tertiary alicyclic amines) is 1. The van der Waals surface area contributed by atoms with Gasteiger partial charge in [0.05, 0.1) is 0 Å². The molecular formula is C16H32N4. The molecule has 2 aliphatic rings. The van der Waals surface area contributed by atoms with Gasteiger partial charge < -0.3 is 15.5 Å². The van der Waals surface area contributed by atoms with E-state index in [1.165, 1.54) is 51.6 Å². The molecule has 1 atom stereocenters. The van der Waals surface area contributed by atoms with E-state index in [9.17, 15) is 0 Å². The van der Waals surface area contributed by atoms with Gasteiger partial charge >= 0.3 is 0 Å². The zero-order valence-electron chi connectivity index (χ0n) is 13.5. The van der Waals surface area contributed by atoms with Crippen molar-refractivity contribution in [3.05, 3.63) is 0 Å². The minimum Gasteiger partial charge on any atom is -0.356 e. The maximum absolute atomic E-state index is 4.37. The number of piperidine rings is 1. The maximum Gasteiger partial charge on any atom is 0.191 e. The molecule has 2 rings (SSSR count). The lowest BCUT2D eigenvalue weighted by Gasteiger charge is -2.35. The largest absolute Gasteiger partial charge is 0.356 e. The first-order valence-corrected chi connectivity index (χ1v) is 8.40. The summed E-state index contributed by atoms with van der Waals surface area (Å²) < 4.78 is 0. The minimum atomic E-state index is 0.639. The first kappa shape index (κ1) is 15.6. The molecule has 1 aliphatic carbocycles. The Labute approximate surface area is 124 Å². The molecular weight excluding hydrogens is 248 g/mol. The predicted molar refractivity (Wildman–Crippen MR) is 86.2 cm³/mol. The molecule has 4 heteroatoms. The monoisotopic (exact) mass is 280 g/mol. The Morgan fingerprint density at radius 3 is 2.60 bits per heavy atom. The Bertz CT molecular complexity index is 308. The molecule has 1 saturated heterocycles. The van der Waals surface area contributed by atoms with Gasteiger partial charge in [0.1, 0.15) is 0 Å². The fraction of sp³-hybridized carbons (Fsp3) is 0.938. The third-order valence-corrected chi connectivity index (χ3v) is 4.76. The van der Waals surface area contributed by atoms with Crippen LogP contribution >= 0.6 is 0 Å². The smallest absolute Gasteiger partial charge is 0.191 e. The first-order valence-electron chi connectivity index (χ1n) is 8.40. The summed E-state index contributed by atoms with van der Waals surface area (Å²) in [7, 11) is 1.88. The second kappa shape index (κ2) is 7.87. The second-order valence-corrected chi connectivity index (χ2v) is 6.68. The van der Waals surface area contributed by atoms with Crippen LogP contribution in [0.1, 0.15) is 52.4 Å². The van der Waals surface area contributed by atoms with Crippen LogP contribution in [0.5, 0.6) is 0 Å². The van der Waals surface area contributed by atoms with E-state index in [4.69, 9.17) is 0 Å². The lowest BCUT2D eigenvalue weighted by Crippen LogP contribution is -2.47. The number of aliphatic imine (C=N–C) groups is 1. The molecule has 1 heterocycles. The van der Waals surface area contributed by atoms with E-state index in [1.807, 2.05) is 7.05 Å². The second-order valence-electron chi connectivity index (χ2n) is 6.68. The Morgan fingerprint density at radius 2 is 1.95 bits per heavy atom. The normalized spacial score (nSPS) is 26.2. The SMILES string of the molecule is CN=C(NCC1CCCN(C(C)C)C1)NC1CCCC1. The Hall–Kier alpha value is -0.770. The van der Waals surface area contributed by atoms with Gasteiger partial charge in [0.2, 0.25) is 0 Å². The third kappa shape index (κ3) is 4.65. The van der Waals surface area contributed by atoms with Crippen molar-refractivity contribution in [2.24, 2.45) is 10.9 Å². The minimum absolute atomic E-state index is 0.639. The molecule has 0 aromatic rings. The topological polar surface area (TPSA) is 39.7 Å². The summed E-state index contributed by atoms with van der Waals surface area (Å²) in [5.74, 6) is 1.76. The van der Waals surface area contributed by atoms with Crippen molar-refractivity contribution in [1.29, 1.82) is 0 Å². The molecule has 0 radical (unpaired) electrons. The van der Waals surface area contributed by atoms with Crippen LogP contribution in [0.2, 0.25) is 0 Å². The highest BCUT2D eigenvalue weighted by Gasteiger charge is 2.22. The van der Waals surface area contributed by atoms with Crippen LogP contribution in [-0.2, 0) is 0 Å². The van der Waals surface area contributed by atoms with Gasteiger partial charge in [0.15, 0.2) is 5.96 Å². The van der Waals surface area contributed by atoms with Gasteiger partial charge in [0, 0.05) is 32.2 Å². The van der Waals surface area contributed by atoms with E-state index >= 15 is 0 Å².